The normalized spacial score (nSPS) is 18.3. The van der Waals surface area contributed by atoms with Gasteiger partial charge in [-0.2, -0.15) is 0 Å². The predicted octanol–water partition coefficient (Wildman–Crippen LogP) is 4.40. The van der Waals surface area contributed by atoms with Crippen LogP contribution in [0.1, 0.15) is 36.8 Å². The number of anilines is 1. The van der Waals surface area contributed by atoms with Gasteiger partial charge in [-0.05, 0) is 54.3 Å². The maximum atomic E-state index is 6.07. The van der Waals surface area contributed by atoms with Crippen molar-refractivity contribution in [3.8, 4) is 0 Å². The van der Waals surface area contributed by atoms with Gasteiger partial charge in [0.1, 0.15) is 0 Å². The van der Waals surface area contributed by atoms with Crippen molar-refractivity contribution in [2.24, 2.45) is 4.99 Å². The molecule has 176 valence electrons. The molecule has 0 amide bonds. The number of hydrogen-bond donors (Lipinski definition) is 2. The SMILES string of the molecule is CN=C(NCc1cccc(COC2CCOCC2)c1)NC1CCN(c2cccs2)CC1.I. The highest BCUT2D eigenvalue weighted by molar-refractivity contribution is 14.0. The molecule has 2 N–H and O–H groups in total. The lowest BCUT2D eigenvalue weighted by molar-refractivity contribution is -0.0390. The molecular formula is C24H35IN4O2S. The van der Waals surface area contributed by atoms with Gasteiger partial charge in [0, 0.05) is 45.9 Å². The lowest BCUT2D eigenvalue weighted by Crippen LogP contribution is -2.48. The second-order valence-corrected chi connectivity index (χ2v) is 9.15. The third-order valence-electron chi connectivity index (χ3n) is 5.98. The van der Waals surface area contributed by atoms with E-state index in [4.69, 9.17) is 9.47 Å². The Labute approximate surface area is 212 Å². The van der Waals surface area contributed by atoms with Gasteiger partial charge < -0.3 is 25.0 Å². The Morgan fingerprint density at radius 1 is 1.12 bits per heavy atom. The first-order valence-corrected chi connectivity index (χ1v) is 12.2. The van der Waals surface area contributed by atoms with Crippen LogP contribution in [0.4, 0.5) is 5.00 Å². The Kier molecular flexibility index (Phi) is 10.6. The number of nitrogens with one attached hydrogen (secondary N) is 2. The molecule has 0 radical (unpaired) electrons. The molecule has 4 rings (SSSR count). The van der Waals surface area contributed by atoms with Crippen LogP contribution in [0.5, 0.6) is 0 Å². The first kappa shape index (κ1) is 25.3. The molecule has 0 atom stereocenters. The van der Waals surface area contributed by atoms with Crippen LogP contribution in [0, 0.1) is 0 Å². The van der Waals surface area contributed by atoms with E-state index < -0.39 is 0 Å². The van der Waals surface area contributed by atoms with Crippen LogP contribution in [-0.4, -0.2) is 51.5 Å². The zero-order chi connectivity index (χ0) is 21.3. The van der Waals surface area contributed by atoms with Gasteiger partial charge in [-0.1, -0.05) is 24.3 Å². The van der Waals surface area contributed by atoms with Gasteiger partial charge in [0.2, 0.25) is 0 Å². The second-order valence-electron chi connectivity index (χ2n) is 8.23. The number of benzene rings is 1. The molecule has 0 saturated carbocycles. The summed E-state index contributed by atoms with van der Waals surface area (Å²) in [6.07, 6.45) is 4.56. The van der Waals surface area contributed by atoms with E-state index in [1.54, 1.807) is 0 Å². The predicted molar refractivity (Wildman–Crippen MR) is 143 cm³/mol. The minimum absolute atomic E-state index is 0. The molecule has 3 heterocycles. The summed E-state index contributed by atoms with van der Waals surface area (Å²) in [4.78, 5) is 6.91. The Hall–Kier alpha value is -1.36. The first-order valence-electron chi connectivity index (χ1n) is 11.3. The molecule has 2 aliphatic rings. The molecule has 1 aromatic carbocycles. The quantitative estimate of drug-likeness (QED) is 0.294. The van der Waals surface area contributed by atoms with Crippen molar-refractivity contribution in [2.45, 2.75) is 51.0 Å². The molecular weight excluding hydrogens is 535 g/mol. The number of nitrogens with zero attached hydrogens (tertiary/aromatic N) is 2. The van der Waals surface area contributed by atoms with Crippen LogP contribution in [0.2, 0.25) is 0 Å². The Morgan fingerprint density at radius 3 is 2.62 bits per heavy atom. The number of ether oxygens (including phenoxy) is 2. The third-order valence-corrected chi connectivity index (χ3v) is 6.91. The molecule has 1 aromatic heterocycles. The Balaban J connectivity index is 0.00000289. The number of piperidine rings is 1. The Morgan fingerprint density at radius 2 is 1.91 bits per heavy atom. The van der Waals surface area contributed by atoms with Crippen molar-refractivity contribution in [3.63, 3.8) is 0 Å². The van der Waals surface area contributed by atoms with Gasteiger partial charge in [-0.25, -0.2) is 0 Å². The van der Waals surface area contributed by atoms with E-state index >= 15 is 0 Å². The van der Waals surface area contributed by atoms with Crippen LogP contribution in [-0.2, 0) is 22.6 Å². The summed E-state index contributed by atoms with van der Waals surface area (Å²) in [5.74, 6) is 0.874. The molecule has 2 saturated heterocycles. The number of halogens is 1. The third kappa shape index (κ3) is 7.60. The molecule has 32 heavy (non-hydrogen) atoms. The van der Waals surface area contributed by atoms with Gasteiger partial charge in [-0.3, -0.25) is 4.99 Å². The van der Waals surface area contributed by atoms with E-state index in [-0.39, 0.29) is 24.0 Å². The monoisotopic (exact) mass is 570 g/mol. The Bertz CT molecular complexity index is 819. The van der Waals surface area contributed by atoms with E-state index in [2.05, 4.69) is 62.3 Å². The van der Waals surface area contributed by atoms with Crippen molar-refractivity contribution >= 4 is 46.3 Å². The van der Waals surface area contributed by atoms with Crippen LogP contribution < -0.4 is 15.5 Å². The molecule has 8 heteroatoms. The van der Waals surface area contributed by atoms with Gasteiger partial charge in [0.05, 0.1) is 17.7 Å². The summed E-state index contributed by atoms with van der Waals surface area (Å²) in [5.41, 5.74) is 2.46. The first-order chi connectivity index (χ1) is 15.3. The molecule has 2 aromatic rings. The van der Waals surface area contributed by atoms with Crippen molar-refractivity contribution in [2.75, 3.05) is 38.3 Å². The second kappa shape index (κ2) is 13.4. The number of thiophene rings is 1. The van der Waals surface area contributed by atoms with Crippen molar-refractivity contribution in [3.05, 3.63) is 52.9 Å². The van der Waals surface area contributed by atoms with Crippen molar-refractivity contribution in [1.29, 1.82) is 0 Å². The summed E-state index contributed by atoms with van der Waals surface area (Å²) in [7, 11) is 1.84. The minimum Gasteiger partial charge on any atom is -0.381 e. The fourth-order valence-electron chi connectivity index (χ4n) is 4.15. The van der Waals surface area contributed by atoms with Crippen LogP contribution in [0.15, 0.2) is 46.8 Å². The van der Waals surface area contributed by atoms with Crippen LogP contribution >= 0.6 is 35.3 Å². The highest BCUT2D eigenvalue weighted by Gasteiger charge is 2.20. The summed E-state index contributed by atoms with van der Waals surface area (Å²) >= 11 is 1.82. The van der Waals surface area contributed by atoms with Crippen LogP contribution in [0.3, 0.4) is 0 Å². The smallest absolute Gasteiger partial charge is 0.191 e. The molecule has 6 nitrogen and oxygen atoms in total. The molecule has 0 aliphatic carbocycles. The van der Waals surface area contributed by atoms with E-state index in [0.717, 1.165) is 64.5 Å². The number of hydrogen-bond acceptors (Lipinski definition) is 5. The zero-order valence-electron chi connectivity index (χ0n) is 18.8. The fraction of sp³-hybridized carbons (Fsp3) is 0.542. The number of rotatable bonds is 7. The minimum atomic E-state index is 0. The maximum absolute atomic E-state index is 6.07. The highest BCUT2D eigenvalue weighted by Crippen LogP contribution is 2.24. The fourth-order valence-corrected chi connectivity index (χ4v) is 4.94. The van der Waals surface area contributed by atoms with E-state index in [0.29, 0.717) is 18.8 Å². The van der Waals surface area contributed by atoms with Gasteiger partial charge in [0.15, 0.2) is 5.96 Å². The van der Waals surface area contributed by atoms with E-state index in [1.165, 1.54) is 16.1 Å². The average molecular weight is 571 g/mol. The molecule has 2 fully saturated rings. The van der Waals surface area contributed by atoms with Crippen molar-refractivity contribution < 1.29 is 9.47 Å². The lowest BCUT2D eigenvalue weighted by atomic mass is 10.1. The summed E-state index contributed by atoms with van der Waals surface area (Å²) in [6.45, 7) is 5.21. The summed E-state index contributed by atoms with van der Waals surface area (Å²) in [5, 5.41) is 10.6. The maximum Gasteiger partial charge on any atom is 0.191 e. The molecule has 0 unspecified atom stereocenters. The van der Waals surface area contributed by atoms with Gasteiger partial charge in [0.25, 0.3) is 0 Å². The van der Waals surface area contributed by atoms with E-state index in [1.807, 2.05) is 18.4 Å². The highest BCUT2D eigenvalue weighted by atomic mass is 127. The standard InChI is InChI=1S/C24H34N4O2S.HI/c1-25-24(27-21-7-11-28(12-8-21)23-6-3-15-31-23)26-17-19-4-2-5-20(16-19)18-30-22-9-13-29-14-10-22;/h2-6,15-16,21-22H,7-14,17-18H2,1H3,(H2,25,26,27);1H. The van der Waals surface area contributed by atoms with Gasteiger partial charge in [-0.15, -0.1) is 35.3 Å². The molecule has 0 bridgehead atoms. The molecule has 0 spiro atoms. The van der Waals surface area contributed by atoms with E-state index in [9.17, 15) is 0 Å². The van der Waals surface area contributed by atoms with Gasteiger partial charge >= 0.3 is 0 Å². The average Bonchev–Trinajstić information content (AvgIpc) is 3.37. The number of aliphatic imine (C=N–C) groups is 1. The zero-order valence-corrected chi connectivity index (χ0v) is 21.9. The lowest BCUT2D eigenvalue weighted by Gasteiger charge is -2.33. The van der Waals surface area contributed by atoms with Crippen LogP contribution in [0.25, 0.3) is 0 Å². The summed E-state index contributed by atoms with van der Waals surface area (Å²) < 4.78 is 11.5. The number of guanidine groups is 1. The largest absolute Gasteiger partial charge is 0.381 e. The topological polar surface area (TPSA) is 58.1 Å². The summed E-state index contributed by atoms with van der Waals surface area (Å²) in [6, 6.07) is 13.4. The van der Waals surface area contributed by atoms with Crippen molar-refractivity contribution in [1.82, 2.24) is 10.6 Å². The molecule has 2 aliphatic heterocycles.